The third-order valence-electron chi connectivity index (χ3n) is 5.36. The van der Waals surface area contributed by atoms with E-state index in [1.54, 1.807) is 11.8 Å². The van der Waals surface area contributed by atoms with Crippen molar-refractivity contribution in [2.24, 2.45) is 11.8 Å². The number of amides is 1. The summed E-state index contributed by atoms with van der Waals surface area (Å²) in [5.41, 5.74) is 1.000. The molecule has 144 valence electrons. The van der Waals surface area contributed by atoms with E-state index in [0.29, 0.717) is 24.3 Å². The molecule has 2 heterocycles. The van der Waals surface area contributed by atoms with Crippen molar-refractivity contribution in [3.63, 3.8) is 0 Å². The van der Waals surface area contributed by atoms with Gasteiger partial charge >= 0.3 is 0 Å². The van der Waals surface area contributed by atoms with Crippen molar-refractivity contribution < 1.29 is 9.32 Å². The van der Waals surface area contributed by atoms with Crippen LogP contribution in [-0.4, -0.2) is 30.2 Å². The largest absolute Gasteiger partial charge is 0.360 e. The number of hydrogen-bond donors (Lipinski definition) is 2. The predicted octanol–water partition coefficient (Wildman–Crippen LogP) is 3.40. The summed E-state index contributed by atoms with van der Waals surface area (Å²) >= 11 is 1.75. The van der Waals surface area contributed by atoms with Crippen LogP contribution in [0.2, 0.25) is 0 Å². The van der Waals surface area contributed by atoms with E-state index >= 15 is 0 Å². The van der Waals surface area contributed by atoms with Crippen LogP contribution in [0, 0.1) is 11.8 Å². The third kappa shape index (κ3) is 5.59. The van der Waals surface area contributed by atoms with Crippen LogP contribution in [0.5, 0.6) is 0 Å². The molecule has 0 bridgehead atoms. The predicted molar refractivity (Wildman–Crippen MR) is 106 cm³/mol. The fourth-order valence-corrected chi connectivity index (χ4v) is 4.49. The summed E-state index contributed by atoms with van der Waals surface area (Å²) < 4.78 is 5.53. The molecule has 1 aromatic heterocycles. The highest BCUT2D eigenvalue weighted by atomic mass is 32.2. The van der Waals surface area contributed by atoms with Crippen molar-refractivity contribution in [2.75, 3.05) is 13.1 Å². The highest BCUT2D eigenvalue weighted by Gasteiger charge is 2.30. The van der Waals surface area contributed by atoms with Gasteiger partial charge in [0.15, 0.2) is 0 Å². The summed E-state index contributed by atoms with van der Waals surface area (Å²) in [6.07, 6.45) is 4.84. The van der Waals surface area contributed by atoms with E-state index in [1.807, 2.05) is 18.2 Å². The Kier molecular flexibility index (Phi) is 6.14. The number of carbonyl (C=O) groups excluding carboxylic acids is 1. The van der Waals surface area contributed by atoms with Crippen LogP contribution in [0.1, 0.15) is 37.1 Å². The molecular formula is C21H27N3O2S. The Balaban J connectivity index is 1.30. The van der Waals surface area contributed by atoms with E-state index < -0.39 is 0 Å². The molecule has 6 heteroatoms. The van der Waals surface area contributed by atoms with Crippen molar-refractivity contribution in [3.8, 4) is 0 Å². The molecule has 0 spiro atoms. The molecule has 2 atom stereocenters. The first-order valence-corrected chi connectivity index (χ1v) is 10.9. The van der Waals surface area contributed by atoms with E-state index in [9.17, 15) is 4.79 Å². The molecule has 1 aliphatic heterocycles. The van der Waals surface area contributed by atoms with Crippen molar-refractivity contribution in [1.82, 2.24) is 15.8 Å². The second-order valence-electron chi connectivity index (χ2n) is 7.65. The Hall–Kier alpha value is -1.79. The molecule has 1 saturated carbocycles. The maximum atomic E-state index is 12.2. The standard InChI is InChI=1S/C21H27N3O2S/c25-21(23-17-6-7-17)11-15-8-9-22-13-16(15)10-18-12-19(26-24-18)14-27-20-4-2-1-3-5-20/h1-5,12,15-17,22H,6-11,13-14H2,(H,23,25)/t15-,16-/m0/s1. The molecule has 27 heavy (non-hydrogen) atoms. The van der Waals surface area contributed by atoms with Gasteiger partial charge < -0.3 is 15.2 Å². The summed E-state index contributed by atoms with van der Waals surface area (Å²) in [5, 5.41) is 10.9. The quantitative estimate of drug-likeness (QED) is 0.682. The van der Waals surface area contributed by atoms with E-state index in [-0.39, 0.29) is 5.91 Å². The summed E-state index contributed by atoms with van der Waals surface area (Å²) in [6, 6.07) is 12.8. The van der Waals surface area contributed by atoms with E-state index in [4.69, 9.17) is 4.52 Å². The van der Waals surface area contributed by atoms with Crippen molar-refractivity contribution in [3.05, 3.63) is 47.9 Å². The highest BCUT2D eigenvalue weighted by Crippen LogP contribution is 2.28. The fourth-order valence-electron chi connectivity index (χ4n) is 3.70. The van der Waals surface area contributed by atoms with Gasteiger partial charge in [0.1, 0.15) is 5.76 Å². The van der Waals surface area contributed by atoms with Crippen molar-refractivity contribution in [2.45, 2.75) is 48.8 Å². The monoisotopic (exact) mass is 385 g/mol. The summed E-state index contributed by atoms with van der Waals surface area (Å²) in [7, 11) is 0. The van der Waals surface area contributed by atoms with Crippen LogP contribution in [0.3, 0.4) is 0 Å². The van der Waals surface area contributed by atoms with Crippen LogP contribution < -0.4 is 10.6 Å². The normalized spacial score (nSPS) is 22.5. The lowest BCUT2D eigenvalue weighted by Gasteiger charge is -2.31. The minimum atomic E-state index is 0.217. The number of piperidine rings is 1. The van der Waals surface area contributed by atoms with Gasteiger partial charge in [0, 0.05) is 23.4 Å². The number of thioether (sulfide) groups is 1. The third-order valence-corrected chi connectivity index (χ3v) is 6.39. The Morgan fingerprint density at radius 3 is 2.89 bits per heavy atom. The zero-order chi connectivity index (χ0) is 18.5. The molecule has 1 amide bonds. The molecular weight excluding hydrogens is 358 g/mol. The average molecular weight is 386 g/mol. The number of nitrogens with one attached hydrogen (secondary N) is 2. The van der Waals surface area contributed by atoms with E-state index in [2.05, 4.69) is 34.0 Å². The Morgan fingerprint density at radius 1 is 1.22 bits per heavy atom. The minimum Gasteiger partial charge on any atom is -0.360 e. The van der Waals surface area contributed by atoms with Gasteiger partial charge in [0.2, 0.25) is 5.91 Å². The average Bonchev–Trinajstić information content (AvgIpc) is 3.38. The number of hydrogen-bond acceptors (Lipinski definition) is 5. The molecule has 2 fully saturated rings. The zero-order valence-electron chi connectivity index (χ0n) is 15.5. The number of nitrogens with zero attached hydrogens (tertiary/aromatic N) is 1. The van der Waals surface area contributed by atoms with Crippen LogP contribution in [0.25, 0.3) is 0 Å². The number of rotatable bonds is 8. The van der Waals surface area contributed by atoms with Gasteiger partial charge in [-0.2, -0.15) is 0 Å². The van der Waals surface area contributed by atoms with Gasteiger partial charge in [0.05, 0.1) is 11.4 Å². The van der Waals surface area contributed by atoms with Gasteiger partial charge in [-0.15, -0.1) is 11.8 Å². The first kappa shape index (κ1) is 18.6. The Bertz CT molecular complexity index is 745. The number of aromatic nitrogens is 1. The molecule has 1 saturated heterocycles. The molecule has 2 aromatic rings. The molecule has 0 unspecified atom stereocenters. The maximum Gasteiger partial charge on any atom is 0.220 e. The van der Waals surface area contributed by atoms with Crippen LogP contribution in [-0.2, 0) is 17.0 Å². The lowest BCUT2D eigenvalue weighted by Crippen LogP contribution is -2.40. The summed E-state index contributed by atoms with van der Waals surface area (Å²) in [4.78, 5) is 13.4. The number of benzene rings is 1. The molecule has 5 nitrogen and oxygen atoms in total. The first-order valence-electron chi connectivity index (χ1n) is 9.88. The van der Waals surface area contributed by atoms with Gasteiger partial charge in [-0.05, 0) is 62.7 Å². The molecule has 2 aliphatic rings. The lowest BCUT2D eigenvalue weighted by molar-refractivity contribution is -0.122. The van der Waals surface area contributed by atoms with E-state index in [0.717, 1.165) is 56.0 Å². The van der Waals surface area contributed by atoms with Crippen LogP contribution >= 0.6 is 11.8 Å². The molecule has 1 aliphatic carbocycles. The zero-order valence-corrected chi connectivity index (χ0v) is 16.3. The first-order chi connectivity index (χ1) is 13.3. The Labute approximate surface area is 164 Å². The topological polar surface area (TPSA) is 67.2 Å². The second-order valence-corrected chi connectivity index (χ2v) is 8.70. The lowest BCUT2D eigenvalue weighted by atomic mass is 9.81. The molecule has 2 N–H and O–H groups in total. The number of carbonyl (C=O) groups is 1. The molecule has 1 aromatic carbocycles. The smallest absolute Gasteiger partial charge is 0.220 e. The molecule has 0 radical (unpaired) electrons. The van der Waals surface area contributed by atoms with Crippen LogP contribution in [0.4, 0.5) is 0 Å². The summed E-state index contributed by atoms with van der Waals surface area (Å²) in [5.74, 6) is 2.76. The second kappa shape index (κ2) is 8.93. The van der Waals surface area contributed by atoms with Crippen molar-refractivity contribution in [1.29, 1.82) is 0 Å². The van der Waals surface area contributed by atoms with Gasteiger partial charge in [0.25, 0.3) is 0 Å². The molecule has 4 rings (SSSR count). The van der Waals surface area contributed by atoms with Gasteiger partial charge in [-0.1, -0.05) is 23.4 Å². The summed E-state index contributed by atoms with van der Waals surface area (Å²) in [6.45, 7) is 1.94. The van der Waals surface area contributed by atoms with Gasteiger partial charge in [-0.3, -0.25) is 4.79 Å². The SMILES string of the molecule is O=C(C[C@@H]1CCNC[C@@H]1Cc1cc(CSc2ccccc2)on1)NC1CC1. The minimum absolute atomic E-state index is 0.217. The highest BCUT2D eigenvalue weighted by molar-refractivity contribution is 7.98. The van der Waals surface area contributed by atoms with Crippen LogP contribution in [0.15, 0.2) is 45.8 Å². The Morgan fingerprint density at radius 2 is 2.07 bits per heavy atom. The maximum absolute atomic E-state index is 12.2. The fraction of sp³-hybridized carbons (Fsp3) is 0.524. The van der Waals surface area contributed by atoms with Crippen molar-refractivity contribution >= 4 is 17.7 Å². The van der Waals surface area contributed by atoms with Gasteiger partial charge in [-0.25, -0.2) is 0 Å². The van der Waals surface area contributed by atoms with E-state index in [1.165, 1.54) is 4.90 Å².